The van der Waals surface area contributed by atoms with E-state index in [9.17, 15) is 0 Å². The van der Waals surface area contributed by atoms with Crippen molar-refractivity contribution in [2.75, 3.05) is 0 Å². The highest BCUT2D eigenvalue weighted by Crippen LogP contribution is 2.33. The van der Waals surface area contributed by atoms with Gasteiger partial charge in [-0.1, -0.05) is 76.6 Å². The fourth-order valence-corrected chi connectivity index (χ4v) is 4.92. The minimum absolute atomic E-state index is 0.415. The average molecular weight is 441 g/mol. The van der Waals surface area contributed by atoms with Gasteiger partial charge in [-0.25, -0.2) is 0 Å². The monoisotopic (exact) mass is 440 g/mol. The lowest BCUT2D eigenvalue weighted by Crippen LogP contribution is -2.41. The number of allylic oxidation sites excluding steroid dienone is 1. The first-order valence-electron chi connectivity index (χ1n) is 12.8. The smallest absolute Gasteiger partial charge is 0.195 e. The van der Waals surface area contributed by atoms with Crippen LogP contribution in [0.5, 0.6) is 0 Å². The van der Waals surface area contributed by atoms with Crippen molar-refractivity contribution >= 4 is 0 Å². The lowest BCUT2D eigenvalue weighted by atomic mass is 9.90. The number of aryl methyl sites for hydroxylation is 3. The van der Waals surface area contributed by atoms with Gasteiger partial charge < -0.3 is 0 Å². The Hall–Kier alpha value is -2.67. The molecule has 0 bridgehead atoms. The SMILES string of the molecule is C=CCC(CC)[n+]1ccc(-c2c(C)cccc2CCC(C)C)cc1-c1ccccc1CCC. The molecule has 0 aliphatic rings. The first-order chi connectivity index (χ1) is 16.0. The molecular formula is C32H42N+. The molecule has 0 aliphatic heterocycles. The van der Waals surface area contributed by atoms with E-state index in [-0.39, 0.29) is 0 Å². The third-order valence-electron chi connectivity index (χ3n) is 6.74. The first kappa shape index (κ1) is 25.0. The van der Waals surface area contributed by atoms with Gasteiger partial charge in [0, 0.05) is 30.5 Å². The molecular weight excluding hydrogens is 398 g/mol. The number of aromatic nitrogens is 1. The highest BCUT2D eigenvalue weighted by atomic mass is 15.0. The Bertz CT molecular complexity index is 1060. The summed E-state index contributed by atoms with van der Waals surface area (Å²) < 4.78 is 2.49. The van der Waals surface area contributed by atoms with E-state index in [1.165, 1.54) is 45.5 Å². The van der Waals surface area contributed by atoms with Crippen LogP contribution in [0.2, 0.25) is 0 Å². The summed E-state index contributed by atoms with van der Waals surface area (Å²) in [6, 6.07) is 20.9. The van der Waals surface area contributed by atoms with E-state index in [0.717, 1.165) is 32.1 Å². The van der Waals surface area contributed by atoms with Gasteiger partial charge in [0.2, 0.25) is 5.69 Å². The summed E-state index contributed by atoms with van der Waals surface area (Å²) in [5.74, 6) is 0.706. The molecule has 1 atom stereocenters. The van der Waals surface area contributed by atoms with Crippen molar-refractivity contribution in [2.24, 2.45) is 5.92 Å². The molecule has 174 valence electrons. The van der Waals surface area contributed by atoms with Crippen molar-refractivity contribution in [1.29, 1.82) is 0 Å². The maximum absolute atomic E-state index is 4.03. The van der Waals surface area contributed by atoms with Crippen LogP contribution in [0.1, 0.15) is 76.1 Å². The second-order valence-corrected chi connectivity index (χ2v) is 9.74. The van der Waals surface area contributed by atoms with Gasteiger partial charge in [-0.3, -0.25) is 0 Å². The molecule has 0 aliphatic carbocycles. The summed E-state index contributed by atoms with van der Waals surface area (Å²) in [5, 5.41) is 0. The van der Waals surface area contributed by atoms with Crippen LogP contribution in [0, 0.1) is 12.8 Å². The molecule has 1 aromatic heterocycles. The van der Waals surface area contributed by atoms with Crippen molar-refractivity contribution in [2.45, 2.75) is 79.2 Å². The highest BCUT2D eigenvalue weighted by molar-refractivity contribution is 5.74. The van der Waals surface area contributed by atoms with Crippen LogP contribution in [0.15, 0.2) is 73.4 Å². The van der Waals surface area contributed by atoms with Crippen LogP contribution in [0.4, 0.5) is 0 Å². The van der Waals surface area contributed by atoms with Gasteiger partial charge in [0.05, 0.1) is 0 Å². The Kier molecular flexibility index (Phi) is 9.06. The molecule has 1 nitrogen and oxygen atoms in total. The summed E-state index contributed by atoms with van der Waals surface area (Å²) in [5.41, 5.74) is 9.69. The van der Waals surface area contributed by atoms with E-state index in [1.807, 2.05) is 0 Å². The summed E-state index contributed by atoms with van der Waals surface area (Å²) in [4.78, 5) is 0. The molecule has 0 amide bonds. The summed E-state index contributed by atoms with van der Waals surface area (Å²) >= 11 is 0. The van der Waals surface area contributed by atoms with E-state index in [4.69, 9.17) is 0 Å². The van der Waals surface area contributed by atoms with Crippen LogP contribution < -0.4 is 4.57 Å². The number of benzene rings is 2. The standard InChI is InChI=1S/C32H42N/c1-7-13-26-16-10-11-18-30(26)31-23-28(21-22-33(31)29(9-3)14-8-2)32-25(6)15-12-17-27(32)20-19-24(4)5/h8,10-12,15-18,21-24,29H,2,7,9,13-14,19-20H2,1,3-6H3/q+1. The second kappa shape index (κ2) is 12.0. The fourth-order valence-electron chi connectivity index (χ4n) is 4.92. The van der Waals surface area contributed by atoms with Crippen LogP contribution in [0.25, 0.3) is 22.4 Å². The maximum atomic E-state index is 4.03. The van der Waals surface area contributed by atoms with Crippen LogP contribution >= 0.6 is 0 Å². The van der Waals surface area contributed by atoms with Gasteiger partial charge in [0.25, 0.3) is 0 Å². The third kappa shape index (κ3) is 6.02. The van der Waals surface area contributed by atoms with Gasteiger partial charge >= 0.3 is 0 Å². The maximum Gasteiger partial charge on any atom is 0.213 e. The number of pyridine rings is 1. The van der Waals surface area contributed by atoms with Gasteiger partial charge in [-0.05, 0) is 66.0 Å². The van der Waals surface area contributed by atoms with E-state index >= 15 is 0 Å². The number of hydrogen-bond donors (Lipinski definition) is 0. The van der Waals surface area contributed by atoms with Crippen LogP contribution in [-0.4, -0.2) is 0 Å². The molecule has 1 unspecified atom stereocenters. The normalized spacial score (nSPS) is 12.2. The molecule has 1 heteroatoms. The second-order valence-electron chi connectivity index (χ2n) is 9.74. The zero-order valence-electron chi connectivity index (χ0n) is 21.4. The van der Waals surface area contributed by atoms with Crippen molar-refractivity contribution in [3.63, 3.8) is 0 Å². The number of nitrogens with zero attached hydrogens (tertiary/aromatic N) is 1. The van der Waals surface area contributed by atoms with Gasteiger partial charge in [0.15, 0.2) is 12.2 Å². The predicted octanol–water partition coefficient (Wildman–Crippen LogP) is 8.68. The van der Waals surface area contributed by atoms with E-state index in [1.54, 1.807) is 0 Å². The van der Waals surface area contributed by atoms with Crippen molar-refractivity contribution < 1.29 is 4.57 Å². The lowest BCUT2D eigenvalue weighted by molar-refractivity contribution is -0.712. The fraction of sp³-hybridized carbons (Fsp3) is 0.406. The molecule has 1 heterocycles. The van der Waals surface area contributed by atoms with E-state index in [0.29, 0.717) is 12.0 Å². The molecule has 0 fully saturated rings. The largest absolute Gasteiger partial charge is 0.213 e. The first-order valence-corrected chi connectivity index (χ1v) is 12.8. The van der Waals surface area contributed by atoms with Gasteiger partial charge in [0.1, 0.15) is 0 Å². The molecule has 0 N–H and O–H groups in total. The molecule has 3 rings (SSSR count). The lowest BCUT2D eigenvalue weighted by Gasteiger charge is -2.18. The molecule has 2 aromatic carbocycles. The van der Waals surface area contributed by atoms with Crippen molar-refractivity contribution in [3.05, 3.63) is 90.1 Å². The Morgan fingerprint density at radius 3 is 2.39 bits per heavy atom. The molecule has 3 aromatic rings. The highest BCUT2D eigenvalue weighted by Gasteiger charge is 2.24. The number of rotatable bonds is 11. The predicted molar refractivity (Wildman–Crippen MR) is 144 cm³/mol. The summed E-state index contributed by atoms with van der Waals surface area (Å²) in [6.45, 7) is 15.5. The molecule has 0 saturated carbocycles. The van der Waals surface area contributed by atoms with E-state index < -0.39 is 0 Å². The van der Waals surface area contributed by atoms with E-state index in [2.05, 4.69) is 113 Å². The average Bonchev–Trinajstić information content (AvgIpc) is 2.81. The molecule has 0 spiro atoms. The van der Waals surface area contributed by atoms with Crippen LogP contribution in [-0.2, 0) is 12.8 Å². The zero-order valence-corrected chi connectivity index (χ0v) is 21.4. The van der Waals surface area contributed by atoms with Crippen molar-refractivity contribution in [1.82, 2.24) is 0 Å². The topological polar surface area (TPSA) is 3.88 Å². The Morgan fingerprint density at radius 2 is 1.70 bits per heavy atom. The Balaban J connectivity index is 2.22. The van der Waals surface area contributed by atoms with Gasteiger partial charge in [-0.15, -0.1) is 6.58 Å². The number of hydrogen-bond acceptors (Lipinski definition) is 0. The van der Waals surface area contributed by atoms with Crippen molar-refractivity contribution in [3.8, 4) is 22.4 Å². The Morgan fingerprint density at radius 1 is 0.939 bits per heavy atom. The molecule has 33 heavy (non-hydrogen) atoms. The minimum Gasteiger partial charge on any atom is -0.195 e. The minimum atomic E-state index is 0.415. The third-order valence-corrected chi connectivity index (χ3v) is 6.74. The van der Waals surface area contributed by atoms with Gasteiger partial charge in [-0.2, -0.15) is 4.57 Å². The molecule has 0 saturated heterocycles. The Labute approximate surface area is 202 Å². The van der Waals surface area contributed by atoms with Crippen LogP contribution in [0.3, 0.4) is 0 Å². The summed E-state index contributed by atoms with van der Waals surface area (Å²) in [7, 11) is 0. The quantitative estimate of drug-likeness (QED) is 0.207. The zero-order chi connectivity index (χ0) is 23.8. The summed E-state index contributed by atoms with van der Waals surface area (Å²) in [6.07, 6.45) is 11.0. The molecule has 0 radical (unpaired) electrons.